The number of hydrogen-bond acceptors (Lipinski definition) is 7. The molecule has 0 fully saturated rings. The summed E-state index contributed by atoms with van der Waals surface area (Å²) in [5, 5.41) is 4.51. The summed E-state index contributed by atoms with van der Waals surface area (Å²) >= 11 is 0. The highest BCUT2D eigenvalue weighted by molar-refractivity contribution is 5.95. The molecule has 2 heterocycles. The monoisotopic (exact) mass is 445 g/mol. The fourth-order valence-corrected chi connectivity index (χ4v) is 3.91. The molecular formula is C25H31N7O. The van der Waals surface area contributed by atoms with E-state index in [0.29, 0.717) is 17.3 Å². The van der Waals surface area contributed by atoms with Gasteiger partial charge in [0.25, 0.3) is 0 Å². The Labute approximate surface area is 194 Å². The number of nitrogen functional groups attached to an aromatic ring is 1. The molecule has 0 saturated heterocycles. The maximum atomic E-state index is 6.41. The number of likely N-dealkylation sites (N-methyl/N-ethyl adjacent to an activating group) is 2. The van der Waals surface area contributed by atoms with E-state index in [1.165, 1.54) is 0 Å². The highest BCUT2D eigenvalue weighted by atomic mass is 16.5. The van der Waals surface area contributed by atoms with Crippen LogP contribution in [-0.2, 0) is 7.05 Å². The summed E-state index contributed by atoms with van der Waals surface area (Å²) in [7, 11) is 9.83. The molecule has 8 nitrogen and oxygen atoms in total. The Bertz CT molecular complexity index is 1270. The SMILES string of the molecule is COc1cc(N(C)CCN(C)C)c(N)cc1Nc1cc(-c2cn(C)c3ccccc23)ncn1. The summed E-state index contributed by atoms with van der Waals surface area (Å²) in [6.45, 7) is 1.78. The number of anilines is 4. The van der Waals surface area contributed by atoms with Crippen molar-refractivity contribution in [3.8, 4) is 17.0 Å². The molecule has 4 aromatic rings. The minimum atomic E-state index is 0.666. The van der Waals surface area contributed by atoms with E-state index in [1.54, 1.807) is 13.4 Å². The van der Waals surface area contributed by atoms with Gasteiger partial charge in [-0.2, -0.15) is 0 Å². The van der Waals surface area contributed by atoms with Gasteiger partial charge in [-0.3, -0.25) is 0 Å². The number of rotatable bonds is 8. The van der Waals surface area contributed by atoms with E-state index < -0.39 is 0 Å². The standard InChI is InChI=1S/C25H31N7O/c1-30(2)10-11-31(3)23-14-24(33-5)21(12-19(23)26)29-25-13-20(27-16-28-25)18-15-32(4)22-9-7-6-8-17(18)22/h6-9,12-16H,10-11,26H2,1-5H3,(H,27,28,29). The Morgan fingerprint density at radius 3 is 2.61 bits per heavy atom. The first-order chi connectivity index (χ1) is 15.9. The second-order valence-electron chi connectivity index (χ2n) is 8.42. The molecule has 0 spiro atoms. The highest BCUT2D eigenvalue weighted by Gasteiger charge is 2.15. The van der Waals surface area contributed by atoms with Crippen molar-refractivity contribution in [2.24, 2.45) is 7.05 Å². The number of para-hydroxylation sites is 1. The number of nitrogens with zero attached hydrogens (tertiary/aromatic N) is 5. The second kappa shape index (κ2) is 9.38. The highest BCUT2D eigenvalue weighted by Crippen LogP contribution is 2.37. The van der Waals surface area contributed by atoms with E-state index in [1.807, 2.05) is 44.4 Å². The Hall–Kier alpha value is -3.78. The Morgan fingerprint density at radius 2 is 1.85 bits per heavy atom. The third kappa shape index (κ3) is 4.70. The van der Waals surface area contributed by atoms with Crippen LogP contribution in [0.15, 0.2) is 55.0 Å². The van der Waals surface area contributed by atoms with E-state index in [0.717, 1.165) is 46.6 Å². The van der Waals surface area contributed by atoms with Gasteiger partial charge in [0.2, 0.25) is 0 Å². The third-order valence-electron chi connectivity index (χ3n) is 5.75. The normalized spacial score (nSPS) is 11.2. The van der Waals surface area contributed by atoms with E-state index in [-0.39, 0.29) is 0 Å². The number of ether oxygens (including phenoxy) is 1. The number of nitrogens with two attached hydrogens (primary N) is 1. The smallest absolute Gasteiger partial charge is 0.144 e. The van der Waals surface area contributed by atoms with Crippen molar-refractivity contribution >= 4 is 33.8 Å². The molecule has 3 N–H and O–H groups in total. The zero-order chi connectivity index (χ0) is 23.5. The van der Waals surface area contributed by atoms with Crippen LogP contribution in [0.1, 0.15) is 0 Å². The van der Waals surface area contributed by atoms with Gasteiger partial charge >= 0.3 is 0 Å². The molecule has 0 amide bonds. The molecule has 172 valence electrons. The molecule has 8 heteroatoms. The summed E-state index contributed by atoms with van der Waals surface area (Å²) in [5.74, 6) is 1.36. The zero-order valence-corrected chi connectivity index (χ0v) is 19.8. The van der Waals surface area contributed by atoms with Gasteiger partial charge in [0.05, 0.1) is 29.9 Å². The minimum Gasteiger partial charge on any atom is -0.494 e. The van der Waals surface area contributed by atoms with Crippen LogP contribution in [0, 0.1) is 0 Å². The summed E-state index contributed by atoms with van der Waals surface area (Å²) in [6.07, 6.45) is 3.66. The van der Waals surface area contributed by atoms with Gasteiger partial charge in [-0.05, 0) is 26.2 Å². The lowest BCUT2D eigenvalue weighted by Crippen LogP contribution is -2.29. The van der Waals surface area contributed by atoms with Gasteiger partial charge in [0.15, 0.2) is 0 Å². The lowest BCUT2D eigenvalue weighted by Gasteiger charge is -2.24. The summed E-state index contributed by atoms with van der Waals surface area (Å²) in [5.41, 5.74) is 11.8. The Kier molecular flexibility index (Phi) is 6.37. The molecule has 2 aromatic carbocycles. The largest absolute Gasteiger partial charge is 0.494 e. The Morgan fingerprint density at radius 1 is 1.06 bits per heavy atom. The van der Waals surface area contributed by atoms with Crippen LogP contribution in [0.3, 0.4) is 0 Å². The molecule has 0 aliphatic carbocycles. The van der Waals surface area contributed by atoms with Gasteiger partial charge in [-0.1, -0.05) is 18.2 Å². The van der Waals surface area contributed by atoms with Crippen LogP contribution in [0.2, 0.25) is 0 Å². The topological polar surface area (TPSA) is 84.5 Å². The third-order valence-corrected chi connectivity index (χ3v) is 5.75. The van der Waals surface area contributed by atoms with Crippen molar-refractivity contribution in [1.29, 1.82) is 0 Å². The van der Waals surface area contributed by atoms with Crippen molar-refractivity contribution in [3.05, 3.63) is 55.0 Å². The van der Waals surface area contributed by atoms with Crippen LogP contribution in [0.4, 0.5) is 22.9 Å². The number of methoxy groups -OCH3 is 1. The number of benzene rings is 2. The first-order valence-electron chi connectivity index (χ1n) is 10.8. The van der Waals surface area contributed by atoms with Crippen LogP contribution in [0.25, 0.3) is 22.2 Å². The maximum absolute atomic E-state index is 6.41. The first kappa shape index (κ1) is 22.4. The fraction of sp³-hybridized carbons (Fsp3) is 0.280. The van der Waals surface area contributed by atoms with Gasteiger partial charge in [-0.25, -0.2) is 9.97 Å². The van der Waals surface area contributed by atoms with Crippen molar-refractivity contribution in [2.45, 2.75) is 0 Å². The average Bonchev–Trinajstić information content (AvgIpc) is 3.14. The molecule has 0 aliphatic heterocycles. The predicted octanol–water partition coefficient (Wildman–Crippen LogP) is 3.97. The van der Waals surface area contributed by atoms with Crippen molar-refractivity contribution in [2.75, 3.05) is 57.3 Å². The van der Waals surface area contributed by atoms with Gasteiger partial charge in [0, 0.05) is 62.0 Å². The quantitative estimate of drug-likeness (QED) is 0.397. The molecule has 0 radical (unpaired) electrons. The first-order valence-corrected chi connectivity index (χ1v) is 10.8. The summed E-state index contributed by atoms with van der Waals surface area (Å²) in [4.78, 5) is 13.2. The van der Waals surface area contributed by atoms with Gasteiger partial charge < -0.3 is 30.2 Å². The van der Waals surface area contributed by atoms with E-state index in [2.05, 4.69) is 62.1 Å². The van der Waals surface area contributed by atoms with E-state index in [4.69, 9.17) is 10.5 Å². The summed E-state index contributed by atoms with van der Waals surface area (Å²) in [6, 6.07) is 14.1. The van der Waals surface area contributed by atoms with Crippen molar-refractivity contribution in [1.82, 2.24) is 19.4 Å². The van der Waals surface area contributed by atoms with Gasteiger partial charge in [0.1, 0.15) is 17.9 Å². The number of hydrogen-bond donors (Lipinski definition) is 2. The zero-order valence-electron chi connectivity index (χ0n) is 19.8. The molecule has 4 rings (SSSR count). The molecule has 0 aliphatic rings. The molecule has 33 heavy (non-hydrogen) atoms. The van der Waals surface area contributed by atoms with Crippen LogP contribution in [-0.4, -0.2) is 60.8 Å². The summed E-state index contributed by atoms with van der Waals surface area (Å²) < 4.78 is 7.77. The molecule has 0 saturated carbocycles. The molecule has 0 bridgehead atoms. The van der Waals surface area contributed by atoms with Gasteiger partial charge in [-0.15, -0.1) is 0 Å². The van der Waals surface area contributed by atoms with E-state index in [9.17, 15) is 0 Å². The molecule has 0 atom stereocenters. The molecule has 2 aromatic heterocycles. The van der Waals surface area contributed by atoms with E-state index >= 15 is 0 Å². The van der Waals surface area contributed by atoms with Crippen LogP contribution >= 0.6 is 0 Å². The number of nitrogens with one attached hydrogen (secondary N) is 1. The number of aromatic nitrogens is 3. The van der Waals surface area contributed by atoms with Crippen molar-refractivity contribution in [3.63, 3.8) is 0 Å². The average molecular weight is 446 g/mol. The number of aryl methyl sites for hydroxylation is 1. The second-order valence-corrected chi connectivity index (χ2v) is 8.42. The Balaban J connectivity index is 1.63. The van der Waals surface area contributed by atoms with Crippen LogP contribution < -0.4 is 20.7 Å². The van der Waals surface area contributed by atoms with Crippen LogP contribution in [0.5, 0.6) is 5.75 Å². The van der Waals surface area contributed by atoms with Crippen molar-refractivity contribution < 1.29 is 4.74 Å². The predicted molar refractivity (Wildman–Crippen MR) is 136 cm³/mol. The maximum Gasteiger partial charge on any atom is 0.144 e. The minimum absolute atomic E-state index is 0.666. The molecule has 0 unspecified atom stereocenters. The number of fused-ring (bicyclic) bond motifs is 1. The fourth-order valence-electron chi connectivity index (χ4n) is 3.91. The lowest BCUT2D eigenvalue weighted by molar-refractivity contribution is 0.413. The molecular weight excluding hydrogens is 414 g/mol. The lowest BCUT2D eigenvalue weighted by atomic mass is 10.1.